The van der Waals surface area contributed by atoms with Gasteiger partial charge in [0.25, 0.3) is 0 Å². The molecule has 0 saturated carbocycles. The molecule has 2 nitrogen and oxygen atoms in total. The van der Waals surface area contributed by atoms with Gasteiger partial charge in [-0.25, -0.2) is 0 Å². The molecule has 2 unspecified atom stereocenters. The van der Waals surface area contributed by atoms with Crippen LogP contribution >= 0.6 is 0 Å². The van der Waals surface area contributed by atoms with E-state index in [4.69, 9.17) is 10.5 Å². The highest BCUT2D eigenvalue weighted by molar-refractivity contribution is 4.68. The molecule has 0 radical (unpaired) electrons. The van der Waals surface area contributed by atoms with Crippen LogP contribution in [0, 0.1) is 0 Å². The first-order valence-electron chi connectivity index (χ1n) is 7.70. The average Bonchev–Trinajstić information content (AvgIpc) is 2.37. The van der Waals surface area contributed by atoms with Crippen molar-refractivity contribution in [3.05, 3.63) is 0 Å². The smallest absolute Gasteiger partial charge is 0.0575 e. The number of hydrogen-bond acceptors (Lipinski definition) is 2. The molecule has 0 aliphatic carbocycles. The normalized spacial score (nSPS) is 22.6. The largest absolute Gasteiger partial charge is 0.378 e. The standard InChI is InChI=1S/C15H31NO/c1-2-3-4-5-6-9-14(16)11-12-15-10-7-8-13-17-15/h14-15H,2-13,16H2,1H3. The summed E-state index contributed by atoms with van der Waals surface area (Å²) in [6.07, 6.45) is 14.7. The Morgan fingerprint density at radius 1 is 1.12 bits per heavy atom. The molecular formula is C15H31NO. The Kier molecular flexibility index (Phi) is 8.72. The highest BCUT2D eigenvalue weighted by Crippen LogP contribution is 2.18. The molecule has 1 heterocycles. The van der Waals surface area contributed by atoms with Crippen molar-refractivity contribution in [2.24, 2.45) is 5.73 Å². The van der Waals surface area contributed by atoms with Gasteiger partial charge in [-0.15, -0.1) is 0 Å². The van der Waals surface area contributed by atoms with Gasteiger partial charge in [-0.3, -0.25) is 0 Å². The molecule has 1 fully saturated rings. The molecule has 0 bridgehead atoms. The Labute approximate surface area is 107 Å². The predicted octanol–water partition coefficient (Wildman–Crippen LogP) is 4.02. The van der Waals surface area contributed by atoms with E-state index < -0.39 is 0 Å². The van der Waals surface area contributed by atoms with Crippen molar-refractivity contribution in [2.45, 2.75) is 89.7 Å². The minimum Gasteiger partial charge on any atom is -0.378 e. The average molecular weight is 241 g/mol. The lowest BCUT2D eigenvalue weighted by Crippen LogP contribution is -2.25. The second kappa shape index (κ2) is 9.90. The molecule has 0 aromatic heterocycles. The van der Waals surface area contributed by atoms with Crippen LogP contribution in [0.15, 0.2) is 0 Å². The maximum absolute atomic E-state index is 6.15. The van der Waals surface area contributed by atoms with Gasteiger partial charge in [0.15, 0.2) is 0 Å². The summed E-state index contributed by atoms with van der Waals surface area (Å²) >= 11 is 0. The van der Waals surface area contributed by atoms with E-state index in [2.05, 4.69) is 6.92 Å². The molecule has 2 heteroatoms. The Balaban J connectivity index is 1.91. The summed E-state index contributed by atoms with van der Waals surface area (Å²) in [5.41, 5.74) is 6.15. The van der Waals surface area contributed by atoms with Crippen molar-refractivity contribution < 1.29 is 4.74 Å². The SMILES string of the molecule is CCCCCCCC(N)CCC1CCCCO1. The molecule has 1 aliphatic heterocycles. The Morgan fingerprint density at radius 3 is 2.65 bits per heavy atom. The van der Waals surface area contributed by atoms with E-state index in [9.17, 15) is 0 Å². The van der Waals surface area contributed by atoms with Crippen molar-refractivity contribution in [2.75, 3.05) is 6.61 Å². The lowest BCUT2D eigenvalue weighted by atomic mass is 9.98. The summed E-state index contributed by atoms with van der Waals surface area (Å²) in [5, 5.41) is 0. The Morgan fingerprint density at radius 2 is 1.94 bits per heavy atom. The maximum atomic E-state index is 6.15. The second-order valence-electron chi connectivity index (χ2n) is 5.53. The van der Waals surface area contributed by atoms with E-state index in [0.29, 0.717) is 12.1 Å². The summed E-state index contributed by atoms with van der Waals surface area (Å²) in [6, 6.07) is 0.405. The van der Waals surface area contributed by atoms with Gasteiger partial charge in [0.05, 0.1) is 6.10 Å². The van der Waals surface area contributed by atoms with Crippen molar-refractivity contribution in [1.29, 1.82) is 0 Å². The molecule has 1 saturated heterocycles. The first-order chi connectivity index (χ1) is 8.33. The second-order valence-corrected chi connectivity index (χ2v) is 5.53. The fourth-order valence-corrected chi connectivity index (χ4v) is 2.59. The number of ether oxygens (including phenoxy) is 1. The topological polar surface area (TPSA) is 35.2 Å². The molecule has 17 heavy (non-hydrogen) atoms. The third kappa shape index (κ3) is 7.77. The highest BCUT2D eigenvalue weighted by Gasteiger charge is 2.14. The summed E-state index contributed by atoms with van der Waals surface area (Å²) in [7, 11) is 0. The van der Waals surface area contributed by atoms with Crippen LogP contribution in [-0.4, -0.2) is 18.8 Å². The predicted molar refractivity (Wildman–Crippen MR) is 74.2 cm³/mol. The molecule has 2 N–H and O–H groups in total. The minimum atomic E-state index is 0.405. The lowest BCUT2D eigenvalue weighted by molar-refractivity contribution is 0.00901. The fourth-order valence-electron chi connectivity index (χ4n) is 2.59. The van der Waals surface area contributed by atoms with E-state index in [-0.39, 0.29) is 0 Å². The minimum absolute atomic E-state index is 0.405. The van der Waals surface area contributed by atoms with Gasteiger partial charge >= 0.3 is 0 Å². The van der Waals surface area contributed by atoms with Crippen LogP contribution in [0.2, 0.25) is 0 Å². The van der Waals surface area contributed by atoms with Gasteiger partial charge in [-0.2, -0.15) is 0 Å². The first-order valence-corrected chi connectivity index (χ1v) is 7.70. The van der Waals surface area contributed by atoms with E-state index in [1.807, 2.05) is 0 Å². The summed E-state index contributed by atoms with van der Waals surface area (Å²) in [5.74, 6) is 0. The molecule has 0 amide bonds. The zero-order chi connectivity index (χ0) is 12.3. The van der Waals surface area contributed by atoms with Gasteiger partial charge < -0.3 is 10.5 Å². The van der Waals surface area contributed by atoms with Crippen LogP contribution in [0.4, 0.5) is 0 Å². The van der Waals surface area contributed by atoms with Gasteiger partial charge in [-0.1, -0.05) is 39.0 Å². The Hall–Kier alpha value is -0.0800. The number of hydrogen-bond donors (Lipinski definition) is 1. The van der Waals surface area contributed by atoms with E-state index in [1.54, 1.807) is 0 Å². The fraction of sp³-hybridized carbons (Fsp3) is 1.00. The van der Waals surface area contributed by atoms with Crippen molar-refractivity contribution in [3.63, 3.8) is 0 Å². The van der Waals surface area contributed by atoms with Crippen LogP contribution in [0.3, 0.4) is 0 Å². The van der Waals surface area contributed by atoms with E-state index >= 15 is 0 Å². The number of nitrogens with two attached hydrogens (primary N) is 1. The third-order valence-electron chi connectivity index (χ3n) is 3.81. The summed E-state index contributed by atoms with van der Waals surface area (Å²) < 4.78 is 5.73. The van der Waals surface area contributed by atoms with Crippen molar-refractivity contribution in [1.82, 2.24) is 0 Å². The molecule has 2 atom stereocenters. The maximum Gasteiger partial charge on any atom is 0.0575 e. The van der Waals surface area contributed by atoms with Crippen LogP contribution in [-0.2, 0) is 4.74 Å². The van der Waals surface area contributed by atoms with Gasteiger partial charge in [-0.05, 0) is 38.5 Å². The zero-order valence-corrected chi connectivity index (χ0v) is 11.6. The number of rotatable bonds is 9. The third-order valence-corrected chi connectivity index (χ3v) is 3.81. The number of unbranched alkanes of at least 4 members (excludes halogenated alkanes) is 4. The van der Waals surface area contributed by atoms with Crippen LogP contribution in [0.5, 0.6) is 0 Å². The Bertz CT molecular complexity index is 166. The highest BCUT2D eigenvalue weighted by atomic mass is 16.5. The molecule has 0 spiro atoms. The van der Waals surface area contributed by atoms with E-state index in [0.717, 1.165) is 13.0 Å². The molecule has 0 aromatic carbocycles. The van der Waals surface area contributed by atoms with Gasteiger partial charge in [0.1, 0.15) is 0 Å². The molecule has 102 valence electrons. The van der Waals surface area contributed by atoms with E-state index in [1.165, 1.54) is 64.2 Å². The molecular weight excluding hydrogens is 210 g/mol. The van der Waals surface area contributed by atoms with Gasteiger partial charge in [0, 0.05) is 12.6 Å². The van der Waals surface area contributed by atoms with Crippen LogP contribution in [0.1, 0.15) is 77.6 Å². The monoisotopic (exact) mass is 241 g/mol. The van der Waals surface area contributed by atoms with Crippen LogP contribution in [0.25, 0.3) is 0 Å². The molecule has 1 rings (SSSR count). The zero-order valence-electron chi connectivity index (χ0n) is 11.6. The van der Waals surface area contributed by atoms with Crippen LogP contribution < -0.4 is 5.73 Å². The van der Waals surface area contributed by atoms with Crippen molar-refractivity contribution in [3.8, 4) is 0 Å². The summed E-state index contributed by atoms with van der Waals surface area (Å²) in [4.78, 5) is 0. The summed E-state index contributed by atoms with van der Waals surface area (Å²) in [6.45, 7) is 3.23. The molecule has 0 aromatic rings. The van der Waals surface area contributed by atoms with Crippen molar-refractivity contribution >= 4 is 0 Å². The van der Waals surface area contributed by atoms with Gasteiger partial charge in [0.2, 0.25) is 0 Å². The lowest BCUT2D eigenvalue weighted by Gasteiger charge is -2.23. The first kappa shape index (κ1) is 15.0. The molecule has 1 aliphatic rings. The quantitative estimate of drug-likeness (QED) is 0.619.